The second-order valence-electron chi connectivity index (χ2n) is 5.72. The molecule has 1 unspecified atom stereocenters. The van der Waals surface area contributed by atoms with Crippen molar-refractivity contribution in [2.45, 2.75) is 19.3 Å². The van der Waals surface area contributed by atoms with Gasteiger partial charge in [-0.05, 0) is 36.6 Å². The van der Waals surface area contributed by atoms with Crippen LogP contribution in [0.25, 0.3) is 0 Å². The summed E-state index contributed by atoms with van der Waals surface area (Å²) < 4.78 is 0. The van der Waals surface area contributed by atoms with Gasteiger partial charge in [0.1, 0.15) is 0 Å². The van der Waals surface area contributed by atoms with Crippen molar-refractivity contribution in [3.05, 3.63) is 34.5 Å². The monoisotopic (exact) mass is 290 g/mol. The van der Waals surface area contributed by atoms with Crippen molar-refractivity contribution in [3.63, 3.8) is 0 Å². The molecule has 1 amide bonds. The van der Waals surface area contributed by atoms with Gasteiger partial charge in [-0.3, -0.25) is 9.69 Å². The van der Waals surface area contributed by atoms with E-state index < -0.39 is 0 Å². The lowest BCUT2D eigenvalue weighted by Crippen LogP contribution is -2.49. The van der Waals surface area contributed by atoms with E-state index in [1.165, 1.54) is 25.8 Å². The summed E-state index contributed by atoms with van der Waals surface area (Å²) in [5.74, 6) is 1.03. The second-order valence-corrected chi connectivity index (χ2v) is 6.67. The normalized spacial score (nSPS) is 24.0. The molecule has 1 fully saturated rings. The minimum Gasteiger partial charge on any atom is -0.335 e. The number of thiophene rings is 1. The van der Waals surface area contributed by atoms with Gasteiger partial charge in [0.2, 0.25) is 0 Å². The average molecular weight is 290 g/mol. The molecule has 1 aliphatic carbocycles. The zero-order valence-electron chi connectivity index (χ0n) is 11.8. The predicted octanol–water partition coefficient (Wildman–Crippen LogP) is 2.86. The molecule has 0 aromatic carbocycles. The van der Waals surface area contributed by atoms with E-state index in [0.29, 0.717) is 0 Å². The Labute approximate surface area is 124 Å². The second kappa shape index (κ2) is 6.55. The quantitative estimate of drug-likeness (QED) is 0.799. The fraction of sp³-hybridized carbons (Fsp3) is 0.562. The Morgan fingerprint density at radius 3 is 2.75 bits per heavy atom. The maximum absolute atomic E-state index is 12.3. The Hall–Kier alpha value is -1.13. The van der Waals surface area contributed by atoms with Gasteiger partial charge in [-0.2, -0.15) is 0 Å². The van der Waals surface area contributed by atoms with E-state index in [-0.39, 0.29) is 5.91 Å². The number of nitrogens with zero attached hydrogens (tertiary/aromatic N) is 2. The minimum atomic E-state index is 0.209. The third kappa shape index (κ3) is 3.30. The lowest BCUT2D eigenvalue weighted by molar-refractivity contribution is 0.0619. The molecule has 0 N–H and O–H groups in total. The fourth-order valence-corrected chi connectivity index (χ4v) is 3.77. The molecule has 1 aliphatic heterocycles. The van der Waals surface area contributed by atoms with Gasteiger partial charge in [-0.1, -0.05) is 18.2 Å². The number of rotatable bonds is 3. The summed E-state index contributed by atoms with van der Waals surface area (Å²) in [6.45, 7) is 5.00. The van der Waals surface area contributed by atoms with Crippen molar-refractivity contribution in [1.82, 2.24) is 9.80 Å². The van der Waals surface area contributed by atoms with Crippen molar-refractivity contribution in [2.75, 3.05) is 32.7 Å². The molecule has 1 atom stereocenters. The van der Waals surface area contributed by atoms with Crippen LogP contribution in [0.4, 0.5) is 0 Å². The van der Waals surface area contributed by atoms with Crippen LogP contribution in [0.5, 0.6) is 0 Å². The van der Waals surface area contributed by atoms with Crippen LogP contribution in [0.1, 0.15) is 28.9 Å². The first kappa shape index (κ1) is 13.8. The first-order valence-corrected chi connectivity index (χ1v) is 8.41. The Bertz CT molecular complexity index is 461. The Kier molecular flexibility index (Phi) is 4.53. The van der Waals surface area contributed by atoms with E-state index in [9.17, 15) is 4.79 Å². The molecule has 0 saturated carbocycles. The van der Waals surface area contributed by atoms with E-state index in [1.807, 2.05) is 22.4 Å². The van der Waals surface area contributed by atoms with Crippen molar-refractivity contribution in [2.24, 2.45) is 5.92 Å². The zero-order valence-corrected chi connectivity index (χ0v) is 12.6. The predicted molar refractivity (Wildman–Crippen MR) is 83.1 cm³/mol. The van der Waals surface area contributed by atoms with Crippen LogP contribution in [0, 0.1) is 5.92 Å². The zero-order chi connectivity index (χ0) is 13.8. The number of carbonyl (C=O) groups is 1. The molecule has 0 bridgehead atoms. The Morgan fingerprint density at radius 1 is 1.25 bits per heavy atom. The van der Waals surface area contributed by atoms with Gasteiger partial charge in [0, 0.05) is 32.7 Å². The van der Waals surface area contributed by atoms with Crippen LogP contribution in [0.3, 0.4) is 0 Å². The Morgan fingerprint density at radius 2 is 2.10 bits per heavy atom. The largest absolute Gasteiger partial charge is 0.335 e. The molecule has 1 saturated heterocycles. The topological polar surface area (TPSA) is 23.6 Å². The van der Waals surface area contributed by atoms with Crippen molar-refractivity contribution >= 4 is 17.2 Å². The molecule has 1 aromatic heterocycles. The molecule has 0 radical (unpaired) electrons. The van der Waals surface area contributed by atoms with E-state index in [2.05, 4.69) is 17.1 Å². The van der Waals surface area contributed by atoms with Crippen molar-refractivity contribution < 1.29 is 4.79 Å². The molecule has 3 nitrogen and oxygen atoms in total. The molecule has 3 rings (SSSR count). The molecule has 20 heavy (non-hydrogen) atoms. The van der Waals surface area contributed by atoms with Gasteiger partial charge >= 0.3 is 0 Å². The van der Waals surface area contributed by atoms with Gasteiger partial charge in [-0.15, -0.1) is 11.3 Å². The highest BCUT2D eigenvalue weighted by atomic mass is 32.1. The lowest BCUT2D eigenvalue weighted by Gasteiger charge is -2.36. The van der Waals surface area contributed by atoms with Crippen molar-refractivity contribution in [1.29, 1.82) is 0 Å². The standard InChI is InChI=1S/C16H22N2OS/c19-16(15-7-4-12-20-15)18-10-8-17(9-11-18)13-14-5-2-1-3-6-14/h1-2,4,7,12,14H,3,5-6,8-11,13H2. The highest BCUT2D eigenvalue weighted by Gasteiger charge is 2.24. The number of hydrogen-bond acceptors (Lipinski definition) is 3. The SMILES string of the molecule is O=C(c1cccs1)N1CCN(CC2CC=CCC2)CC1. The summed E-state index contributed by atoms with van der Waals surface area (Å²) >= 11 is 1.54. The van der Waals surface area contributed by atoms with E-state index in [4.69, 9.17) is 0 Å². The third-order valence-corrected chi connectivity index (χ3v) is 5.14. The van der Waals surface area contributed by atoms with E-state index in [1.54, 1.807) is 11.3 Å². The summed E-state index contributed by atoms with van der Waals surface area (Å²) in [6.07, 6.45) is 8.42. The van der Waals surface area contributed by atoms with E-state index in [0.717, 1.165) is 37.0 Å². The molecular formula is C16H22N2OS. The average Bonchev–Trinajstić information content (AvgIpc) is 3.03. The number of amides is 1. The number of hydrogen-bond donors (Lipinski definition) is 0. The van der Waals surface area contributed by atoms with E-state index >= 15 is 0 Å². The van der Waals surface area contributed by atoms with Crippen LogP contribution in [0.15, 0.2) is 29.7 Å². The summed E-state index contributed by atoms with van der Waals surface area (Å²) in [7, 11) is 0. The van der Waals surface area contributed by atoms with Crippen LogP contribution >= 0.6 is 11.3 Å². The molecule has 108 valence electrons. The first-order valence-electron chi connectivity index (χ1n) is 7.53. The van der Waals surface area contributed by atoms with Crippen LogP contribution < -0.4 is 0 Å². The third-order valence-electron chi connectivity index (χ3n) is 4.29. The summed E-state index contributed by atoms with van der Waals surface area (Å²) in [4.78, 5) is 17.7. The van der Waals surface area contributed by atoms with Gasteiger partial charge in [0.05, 0.1) is 4.88 Å². The Balaban J connectivity index is 1.47. The molecule has 4 heteroatoms. The molecule has 2 aliphatic rings. The smallest absolute Gasteiger partial charge is 0.264 e. The minimum absolute atomic E-state index is 0.209. The molecular weight excluding hydrogens is 268 g/mol. The van der Waals surface area contributed by atoms with Gasteiger partial charge < -0.3 is 4.90 Å². The number of carbonyl (C=O) groups excluding carboxylic acids is 1. The molecule has 1 aromatic rings. The summed E-state index contributed by atoms with van der Waals surface area (Å²) in [6, 6.07) is 3.87. The van der Waals surface area contributed by atoms with Gasteiger partial charge in [-0.25, -0.2) is 0 Å². The van der Waals surface area contributed by atoms with Crippen LogP contribution in [-0.4, -0.2) is 48.4 Å². The molecule has 0 spiro atoms. The summed E-state index contributed by atoms with van der Waals surface area (Å²) in [5, 5.41) is 1.97. The van der Waals surface area contributed by atoms with Gasteiger partial charge in [0.25, 0.3) is 5.91 Å². The highest BCUT2D eigenvalue weighted by Crippen LogP contribution is 2.20. The van der Waals surface area contributed by atoms with Gasteiger partial charge in [0.15, 0.2) is 0 Å². The molecule has 2 heterocycles. The maximum atomic E-state index is 12.3. The van der Waals surface area contributed by atoms with Crippen molar-refractivity contribution in [3.8, 4) is 0 Å². The maximum Gasteiger partial charge on any atom is 0.264 e. The first-order chi connectivity index (χ1) is 9.83. The number of piperazine rings is 1. The lowest BCUT2D eigenvalue weighted by atomic mass is 9.94. The van der Waals surface area contributed by atoms with Crippen LogP contribution in [-0.2, 0) is 0 Å². The highest BCUT2D eigenvalue weighted by molar-refractivity contribution is 7.12. The number of allylic oxidation sites excluding steroid dienone is 2. The van der Waals surface area contributed by atoms with Crippen LogP contribution in [0.2, 0.25) is 0 Å². The summed E-state index contributed by atoms with van der Waals surface area (Å²) in [5.41, 5.74) is 0. The fourth-order valence-electron chi connectivity index (χ4n) is 3.08.